The number of ether oxygens (including phenoxy) is 3. The molecule has 0 atom stereocenters. The molecule has 1 N–H and O–H groups in total. The van der Waals surface area contributed by atoms with Crippen LogP contribution in [0, 0.1) is 5.82 Å². The highest BCUT2D eigenvalue weighted by atomic mass is 35.5. The van der Waals surface area contributed by atoms with Gasteiger partial charge in [-0.2, -0.15) is 0 Å². The fraction of sp³-hybridized carbons (Fsp3) is 0.179. The van der Waals surface area contributed by atoms with Gasteiger partial charge in [-0.3, -0.25) is 19.3 Å². The van der Waals surface area contributed by atoms with Crippen molar-refractivity contribution in [3.8, 4) is 17.2 Å². The van der Waals surface area contributed by atoms with Crippen LogP contribution in [0.15, 0.2) is 65.6 Å². The average Bonchev–Trinajstić information content (AvgIpc) is 3.16. The number of anilines is 1. The van der Waals surface area contributed by atoms with Gasteiger partial charge in [-0.1, -0.05) is 23.7 Å². The van der Waals surface area contributed by atoms with Crippen molar-refractivity contribution < 1.29 is 33.0 Å². The first kappa shape index (κ1) is 28.0. The fourth-order valence-electron chi connectivity index (χ4n) is 3.68. The molecule has 1 saturated heterocycles. The number of rotatable bonds is 10. The Hall–Kier alpha value is -4.02. The quantitative estimate of drug-likeness (QED) is 0.293. The molecule has 3 aromatic rings. The summed E-state index contributed by atoms with van der Waals surface area (Å²) in [7, 11) is 1.43. The molecule has 39 heavy (non-hydrogen) atoms. The van der Waals surface area contributed by atoms with Crippen LogP contribution < -0.4 is 19.5 Å². The second-order valence-corrected chi connectivity index (χ2v) is 9.63. The van der Waals surface area contributed by atoms with Crippen molar-refractivity contribution in [2.24, 2.45) is 0 Å². The molecule has 0 radical (unpaired) electrons. The summed E-state index contributed by atoms with van der Waals surface area (Å²) in [6.07, 6.45) is 1.49. The third kappa shape index (κ3) is 7.10. The third-order valence-electron chi connectivity index (χ3n) is 5.45. The fourth-order valence-corrected chi connectivity index (χ4v) is 4.79. The molecule has 0 aliphatic carbocycles. The number of carbonyl (C=O) groups excluding carboxylic acids is 3. The van der Waals surface area contributed by atoms with Gasteiger partial charge in [0.25, 0.3) is 11.1 Å². The highest BCUT2D eigenvalue weighted by molar-refractivity contribution is 8.18. The standard InChI is InChI=1S/C28H24ClFN2O6S/c1-3-37-21-9-7-20(8-10-21)31-25(33)15-32-27(34)24(39-28(32)35)14-18-12-22(29)26(23(13-18)36-2)38-16-17-5-4-6-19(30)11-17/h4-14H,3,15-16H2,1-2H3,(H,31,33)/b24-14+. The Morgan fingerprint density at radius 2 is 1.87 bits per heavy atom. The molecule has 1 aliphatic heterocycles. The van der Waals surface area contributed by atoms with Gasteiger partial charge in [0.15, 0.2) is 11.5 Å². The highest BCUT2D eigenvalue weighted by Gasteiger charge is 2.36. The lowest BCUT2D eigenvalue weighted by Crippen LogP contribution is -2.36. The highest BCUT2D eigenvalue weighted by Crippen LogP contribution is 2.39. The van der Waals surface area contributed by atoms with Crippen molar-refractivity contribution in [1.29, 1.82) is 0 Å². The molecule has 1 heterocycles. The smallest absolute Gasteiger partial charge is 0.294 e. The van der Waals surface area contributed by atoms with Crippen LogP contribution >= 0.6 is 23.4 Å². The molecule has 0 aromatic heterocycles. The molecule has 11 heteroatoms. The van der Waals surface area contributed by atoms with Gasteiger partial charge in [-0.25, -0.2) is 4.39 Å². The van der Waals surface area contributed by atoms with E-state index in [2.05, 4.69) is 5.32 Å². The van der Waals surface area contributed by atoms with Crippen molar-refractivity contribution in [2.75, 3.05) is 25.6 Å². The molecule has 1 fully saturated rings. The van der Waals surface area contributed by atoms with Gasteiger partial charge in [-0.05, 0) is 84.4 Å². The van der Waals surface area contributed by atoms with E-state index in [9.17, 15) is 18.8 Å². The number of nitrogens with zero attached hydrogens (tertiary/aromatic N) is 1. The van der Waals surface area contributed by atoms with E-state index < -0.39 is 23.6 Å². The molecule has 0 saturated carbocycles. The molecule has 0 spiro atoms. The van der Waals surface area contributed by atoms with E-state index in [4.69, 9.17) is 25.8 Å². The SMILES string of the molecule is CCOc1ccc(NC(=O)CN2C(=O)S/C(=C/c3cc(Cl)c(OCc4cccc(F)c4)c(OC)c3)C2=O)cc1. The minimum Gasteiger partial charge on any atom is -0.494 e. The summed E-state index contributed by atoms with van der Waals surface area (Å²) < 4.78 is 30.0. The monoisotopic (exact) mass is 570 g/mol. The van der Waals surface area contributed by atoms with Crippen molar-refractivity contribution in [2.45, 2.75) is 13.5 Å². The van der Waals surface area contributed by atoms with Gasteiger partial charge in [0.05, 0.1) is 23.6 Å². The molecule has 3 aromatic carbocycles. The van der Waals surface area contributed by atoms with Crippen molar-refractivity contribution in [3.63, 3.8) is 0 Å². The zero-order valence-corrected chi connectivity index (χ0v) is 22.6. The number of amides is 3. The van der Waals surface area contributed by atoms with E-state index in [0.717, 1.165) is 4.90 Å². The summed E-state index contributed by atoms with van der Waals surface area (Å²) in [5.41, 5.74) is 1.60. The molecule has 8 nitrogen and oxygen atoms in total. The summed E-state index contributed by atoms with van der Waals surface area (Å²) in [6.45, 7) is 2.01. The molecule has 0 bridgehead atoms. The Morgan fingerprint density at radius 1 is 1.10 bits per heavy atom. The predicted molar refractivity (Wildman–Crippen MR) is 148 cm³/mol. The van der Waals surface area contributed by atoms with Crippen LogP contribution in [0.4, 0.5) is 14.9 Å². The minimum absolute atomic E-state index is 0.0603. The number of imide groups is 1. The minimum atomic E-state index is -0.603. The second kappa shape index (κ2) is 12.7. The van der Waals surface area contributed by atoms with Crippen LogP contribution in [0.1, 0.15) is 18.1 Å². The summed E-state index contributed by atoms with van der Waals surface area (Å²) in [5.74, 6) is -0.305. The number of hydrogen-bond donors (Lipinski definition) is 1. The Kier molecular flexibility index (Phi) is 9.11. The second-order valence-electron chi connectivity index (χ2n) is 8.23. The van der Waals surface area contributed by atoms with E-state index in [0.29, 0.717) is 46.7 Å². The topological polar surface area (TPSA) is 94.2 Å². The van der Waals surface area contributed by atoms with Crippen molar-refractivity contribution in [3.05, 3.63) is 87.5 Å². The summed E-state index contributed by atoms with van der Waals surface area (Å²) in [4.78, 5) is 38.9. The third-order valence-corrected chi connectivity index (χ3v) is 6.63. The van der Waals surface area contributed by atoms with Crippen LogP contribution in [-0.2, 0) is 16.2 Å². The lowest BCUT2D eigenvalue weighted by Gasteiger charge is -2.14. The molecular weight excluding hydrogens is 547 g/mol. The normalized spacial score (nSPS) is 14.1. The van der Waals surface area contributed by atoms with Crippen LogP contribution in [0.5, 0.6) is 17.2 Å². The van der Waals surface area contributed by atoms with E-state index in [1.54, 1.807) is 48.5 Å². The van der Waals surface area contributed by atoms with E-state index in [1.165, 1.54) is 25.3 Å². The maximum absolute atomic E-state index is 13.5. The number of methoxy groups -OCH3 is 1. The first-order chi connectivity index (χ1) is 18.8. The number of thioether (sulfide) groups is 1. The Morgan fingerprint density at radius 3 is 2.56 bits per heavy atom. The Balaban J connectivity index is 1.43. The number of benzene rings is 3. The predicted octanol–water partition coefficient (Wildman–Crippen LogP) is 6.14. The number of hydrogen-bond acceptors (Lipinski definition) is 7. The number of nitrogens with one attached hydrogen (secondary N) is 1. The van der Waals surface area contributed by atoms with E-state index in [-0.39, 0.29) is 28.1 Å². The molecular formula is C28H24ClFN2O6S. The lowest BCUT2D eigenvalue weighted by molar-refractivity contribution is -0.127. The van der Waals surface area contributed by atoms with E-state index >= 15 is 0 Å². The maximum atomic E-state index is 13.5. The van der Waals surface area contributed by atoms with E-state index in [1.807, 2.05) is 6.92 Å². The summed E-state index contributed by atoms with van der Waals surface area (Å²) in [5, 5.41) is 2.29. The first-order valence-electron chi connectivity index (χ1n) is 11.8. The first-order valence-corrected chi connectivity index (χ1v) is 13.0. The molecule has 1 aliphatic rings. The summed E-state index contributed by atoms with van der Waals surface area (Å²) >= 11 is 7.14. The Bertz CT molecular complexity index is 1430. The van der Waals surface area contributed by atoms with Crippen molar-refractivity contribution >= 4 is 52.2 Å². The maximum Gasteiger partial charge on any atom is 0.294 e. The van der Waals surface area contributed by atoms with Gasteiger partial charge in [0.1, 0.15) is 24.7 Å². The number of halogens is 2. The zero-order chi connectivity index (χ0) is 27.9. The molecule has 4 rings (SSSR count). The largest absolute Gasteiger partial charge is 0.494 e. The van der Waals surface area contributed by atoms with Crippen molar-refractivity contribution in [1.82, 2.24) is 4.90 Å². The van der Waals surface area contributed by atoms with Gasteiger partial charge in [0, 0.05) is 5.69 Å². The van der Waals surface area contributed by atoms with Gasteiger partial charge in [-0.15, -0.1) is 0 Å². The van der Waals surface area contributed by atoms with Crippen LogP contribution in [-0.4, -0.2) is 42.2 Å². The lowest BCUT2D eigenvalue weighted by atomic mass is 10.1. The van der Waals surface area contributed by atoms with Crippen LogP contribution in [0.25, 0.3) is 6.08 Å². The average molecular weight is 571 g/mol. The molecule has 0 unspecified atom stereocenters. The Labute approximate surface area is 233 Å². The molecule has 3 amide bonds. The summed E-state index contributed by atoms with van der Waals surface area (Å²) in [6, 6.07) is 15.9. The molecule has 202 valence electrons. The van der Waals surface area contributed by atoms with Gasteiger partial charge < -0.3 is 19.5 Å². The van der Waals surface area contributed by atoms with Gasteiger partial charge in [0.2, 0.25) is 5.91 Å². The van der Waals surface area contributed by atoms with Crippen LogP contribution in [0.3, 0.4) is 0 Å². The zero-order valence-electron chi connectivity index (χ0n) is 21.0. The van der Waals surface area contributed by atoms with Crippen LogP contribution in [0.2, 0.25) is 5.02 Å². The number of carbonyl (C=O) groups is 3. The van der Waals surface area contributed by atoms with Gasteiger partial charge >= 0.3 is 0 Å².